The molecule has 0 heterocycles. The summed E-state index contributed by atoms with van der Waals surface area (Å²) in [5.41, 5.74) is 1.54. The van der Waals surface area contributed by atoms with Crippen molar-refractivity contribution in [3.8, 4) is 0 Å². The van der Waals surface area contributed by atoms with Crippen LogP contribution in [0.15, 0.2) is 24.3 Å². The lowest BCUT2D eigenvalue weighted by atomic mass is 10.0. The van der Waals surface area contributed by atoms with E-state index in [1.807, 2.05) is 13.0 Å². The summed E-state index contributed by atoms with van der Waals surface area (Å²) in [4.78, 5) is 11.7. The van der Waals surface area contributed by atoms with Crippen LogP contribution < -0.4 is 0 Å². The van der Waals surface area contributed by atoms with Crippen LogP contribution in [0.5, 0.6) is 0 Å². The van der Waals surface area contributed by atoms with Crippen molar-refractivity contribution in [1.82, 2.24) is 0 Å². The molecule has 0 unspecified atom stereocenters. The van der Waals surface area contributed by atoms with Gasteiger partial charge in [-0.25, -0.2) is 0 Å². The largest absolute Gasteiger partial charge is 0.411 e. The SMILES string of the molecule is CCc1cccc(C(=O)CCOCC(F)(F)F)c1. The van der Waals surface area contributed by atoms with E-state index in [4.69, 9.17) is 0 Å². The van der Waals surface area contributed by atoms with E-state index in [0.717, 1.165) is 12.0 Å². The van der Waals surface area contributed by atoms with E-state index in [1.54, 1.807) is 18.2 Å². The van der Waals surface area contributed by atoms with Crippen molar-refractivity contribution in [2.24, 2.45) is 0 Å². The molecule has 0 saturated carbocycles. The molecular weight excluding hydrogens is 245 g/mol. The number of carbonyl (C=O) groups is 1. The first kappa shape index (κ1) is 14.7. The summed E-state index contributed by atoms with van der Waals surface area (Å²) in [5, 5.41) is 0. The van der Waals surface area contributed by atoms with Crippen molar-refractivity contribution in [2.45, 2.75) is 25.9 Å². The Kier molecular flexibility index (Phi) is 5.34. The normalized spacial score (nSPS) is 11.6. The predicted molar refractivity (Wildman–Crippen MR) is 61.6 cm³/mol. The molecule has 0 aliphatic heterocycles. The van der Waals surface area contributed by atoms with Crippen LogP contribution in [0.4, 0.5) is 13.2 Å². The van der Waals surface area contributed by atoms with E-state index >= 15 is 0 Å². The summed E-state index contributed by atoms with van der Waals surface area (Å²) in [5.74, 6) is -0.201. The minimum absolute atomic E-state index is 0.0384. The Hall–Kier alpha value is -1.36. The molecule has 0 amide bonds. The number of rotatable bonds is 6. The van der Waals surface area contributed by atoms with Gasteiger partial charge in [-0.15, -0.1) is 0 Å². The van der Waals surface area contributed by atoms with Crippen molar-refractivity contribution < 1.29 is 22.7 Å². The Morgan fingerprint density at radius 3 is 2.67 bits per heavy atom. The topological polar surface area (TPSA) is 26.3 Å². The lowest BCUT2D eigenvalue weighted by Crippen LogP contribution is -2.18. The van der Waals surface area contributed by atoms with Gasteiger partial charge in [0.15, 0.2) is 5.78 Å². The highest BCUT2D eigenvalue weighted by Crippen LogP contribution is 2.15. The summed E-state index contributed by atoms with van der Waals surface area (Å²) < 4.78 is 39.8. The fourth-order valence-electron chi connectivity index (χ4n) is 1.46. The third kappa shape index (κ3) is 5.31. The average molecular weight is 260 g/mol. The van der Waals surface area contributed by atoms with E-state index in [9.17, 15) is 18.0 Å². The molecule has 1 aromatic carbocycles. The van der Waals surface area contributed by atoms with Gasteiger partial charge in [0.25, 0.3) is 0 Å². The molecule has 100 valence electrons. The van der Waals surface area contributed by atoms with Gasteiger partial charge in [0.1, 0.15) is 6.61 Å². The number of Topliss-reactive ketones (excluding diaryl/α,β-unsaturated/α-hetero) is 1. The van der Waals surface area contributed by atoms with Crippen LogP contribution in [-0.4, -0.2) is 25.2 Å². The Bertz CT molecular complexity index is 399. The maximum absolute atomic E-state index is 11.8. The van der Waals surface area contributed by atoms with Gasteiger partial charge < -0.3 is 4.74 Å². The molecule has 0 radical (unpaired) electrons. The average Bonchev–Trinajstić information content (AvgIpc) is 2.33. The number of hydrogen-bond donors (Lipinski definition) is 0. The second kappa shape index (κ2) is 6.54. The molecule has 0 fully saturated rings. The molecule has 0 atom stereocenters. The molecule has 5 heteroatoms. The summed E-state index contributed by atoms with van der Waals surface area (Å²) in [7, 11) is 0. The molecular formula is C13H15F3O2. The van der Waals surface area contributed by atoms with Crippen molar-refractivity contribution in [3.63, 3.8) is 0 Å². The van der Waals surface area contributed by atoms with Gasteiger partial charge in [-0.2, -0.15) is 13.2 Å². The number of carbonyl (C=O) groups excluding carboxylic acids is 1. The van der Waals surface area contributed by atoms with Crippen molar-refractivity contribution in [2.75, 3.05) is 13.2 Å². The van der Waals surface area contributed by atoms with Crippen LogP contribution in [0.25, 0.3) is 0 Å². The highest BCUT2D eigenvalue weighted by Gasteiger charge is 2.27. The maximum Gasteiger partial charge on any atom is 0.411 e. The Morgan fingerprint density at radius 1 is 1.33 bits per heavy atom. The van der Waals surface area contributed by atoms with Crippen LogP contribution in [0, 0.1) is 0 Å². The molecule has 0 spiro atoms. The first-order valence-corrected chi connectivity index (χ1v) is 5.69. The third-order valence-electron chi connectivity index (χ3n) is 2.40. The van der Waals surface area contributed by atoms with E-state index in [1.165, 1.54) is 0 Å². The number of halogens is 3. The smallest absolute Gasteiger partial charge is 0.372 e. The van der Waals surface area contributed by atoms with Crippen molar-refractivity contribution in [3.05, 3.63) is 35.4 Å². The van der Waals surface area contributed by atoms with E-state index in [2.05, 4.69) is 4.74 Å². The first-order valence-electron chi connectivity index (χ1n) is 5.69. The molecule has 18 heavy (non-hydrogen) atoms. The molecule has 0 aromatic heterocycles. The zero-order valence-corrected chi connectivity index (χ0v) is 10.1. The van der Waals surface area contributed by atoms with Gasteiger partial charge >= 0.3 is 6.18 Å². The third-order valence-corrected chi connectivity index (χ3v) is 2.40. The standard InChI is InChI=1S/C13H15F3O2/c1-2-10-4-3-5-11(8-10)12(17)6-7-18-9-13(14,15)16/h3-5,8H,2,6-7,9H2,1H3. The molecule has 0 N–H and O–H groups in total. The number of hydrogen-bond acceptors (Lipinski definition) is 2. The van der Waals surface area contributed by atoms with Crippen LogP contribution in [0.3, 0.4) is 0 Å². The zero-order valence-electron chi connectivity index (χ0n) is 10.1. The van der Waals surface area contributed by atoms with Crippen LogP contribution in [-0.2, 0) is 11.2 Å². The lowest BCUT2D eigenvalue weighted by Gasteiger charge is -2.07. The number of benzene rings is 1. The number of ketones is 1. The second-order valence-electron chi connectivity index (χ2n) is 3.89. The zero-order chi connectivity index (χ0) is 13.6. The molecule has 1 aromatic rings. The first-order chi connectivity index (χ1) is 8.42. The summed E-state index contributed by atoms with van der Waals surface area (Å²) >= 11 is 0. The minimum Gasteiger partial charge on any atom is -0.372 e. The van der Waals surface area contributed by atoms with Gasteiger partial charge in [-0.3, -0.25) is 4.79 Å². The highest BCUT2D eigenvalue weighted by atomic mass is 19.4. The van der Waals surface area contributed by atoms with Crippen molar-refractivity contribution >= 4 is 5.78 Å². The lowest BCUT2D eigenvalue weighted by molar-refractivity contribution is -0.173. The summed E-state index contributed by atoms with van der Waals surface area (Å²) in [6, 6.07) is 7.08. The quantitative estimate of drug-likeness (QED) is 0.579. The second-order valence-corrected chi connectivity index (χ2v) is 3.89. The van der Waals surface area contributed by atoms with E-state index in [0.29, 0.717) is 5.56 Å². The summed E-state index contributed by atoms with van der Waals surface area (Å²) in [6.45, 7) is 0.444. The molecule has 0 aliphatic carbocycles. The van der Waals surface area contributed by atoms with Gasteiger partial charge in [0.05, 0.1) is 6.61 Å². The summed E-state index contributed by atoms with van der Waals surface area (Å²) in [6.07, 6.45) is -3.57. The maximum atomic E-state index is 11.8. The highest BCUT2D eigenvalue weighted by molar-refractivity contribution is 5.96. The number of alkyl halides is 3. The van der Waals surface area contributed by atoms with Gasteiger partial charge in [0, 0.05) is 12.0 Å². The molecule has 1 rings (SSSR count). The number of aryl methyl sites for hydroxylation is 1. The molecule has 0 saturated heterocycles. The van der Waals surface area contributed by atoms with Crippen molar-refractivity contribution in [1.29, 1.82) is 0 Å². The Morgan fingerprint density at radius 2 is 2.06 bits per heavy atom. The monoisotopic (exact) mass is 260 g/mol. The van der Waals surface area contributed by atoms with Crippen LogP contribution in [0.2, 0.25) is 0 Å². The van der Waals surface area contributed by atoms with Gasteiger partial charge in [-0.1, -0.05) is 25.1 Å². The van der Waals surface area contributed by atoms with Crippen LogP contribution in [0.1, 0.15) is 29.3 Å². The van der Waals surface area contributed by atoms with E-state index in [-0.39, 0.29) is 18.8 Å². The Labute approximate surface area is 104 Å². The molecule has 2 nitrogen and oxygen atoms in total. The number of ether oxygens (including phenoxy) is 1. The fraction of sp³-hybridized carbons (Fsp3) is 0.462. The Balaban J connectivity index is 2.41. The fourth-order valence-corrected chi connectivity index (χ4v) is 1.46. The predicted octanol–water partition coefficient (Wildman–Crippen LogP) is 3.40. The molecule has 0 bridgehead atoms. The molecule has 0 aliphatic rings. The van der Waals surface area contributed by atoms with Gasteiger partial charge in [-0.05, 0) is 18.1 Å². The van der Waals surface area contributed by atoms with Gasteiger partial charge in [0.2, 0.25) is 0 Å². The minimum atomic E-state index is -4.34. The van der Waals surface area contributed by atoms with Crippen LogP contribution >= 0.6 is 0 Å². The van der Waals surface area contributed by atoms with E-state index < -0.39 is 12.8 Å².